The van der Waals surface area contributed by atoms with Crippen molar-refractivity contribution in [3.63, 3.8) is 0 Å². The van der Waals surface area contributed by atoms with E-state index in [-0.39, 0.29) is 0 Å². The minimum atomic E-state index is -5.84. The van der Waals surface area contributed by atoms with Crippen LogP contribution in [0.5, 0.6) is 5.75 Å². The summed E-state index contributed by atoms with van der Waals surface area (Å²) in [7, 11) is -5.84. The van der Waals surface area contributed by atoms with Crippen LogP contribution in [0.25, 0.3) is 0 Å². The van der Waals surface area contributed by atoms with E-state index in [0.717, 1.165) is 11.1 Å². The number of hydrogen-bond acceptors (Lipinski definition) is 5. The van der Waals surface area contributed by atoms with Crippen LogP contribution >= 0.6 is 23.2 Å². The number of alkyl halides is 3. The minimum absolute atomic E-state index is 0.324. The molecular formula is C23H24Cl2F3NO5S. The number of rotatable bonds is 5. The molecule has 0 heterocycles. The molecule has 3 rings (SSSR count). The van der Waals surface area contributed by atoms with Crippen LogP contribution in [-0.4, -0.2) is 31.7 Å². The highest BCUT2D eigenvalue weighted by atomic mass is 35.5. The van der Waals surface area contributed by atoms with Crippen LogP contribution in [0.4, 0.5) is 18.0 Å². The SMILES string of the molecule is CC(C)(C)OC(=O)NC1CCc2ccc(OS(=O)(=O)C(F)(F)F)cc2C1Cc1ccc(Cl)c(Cl)c1. The number of aryl methyl sites for hydroxylation is 1. The first-order chi connectivity index (χ1) is 16.1. The molecule has 2 atom stereocenters. The number of hydrogen-bond donors (Lipinski definition) is 1. The van der Waals surface area contributed by atoms with Gasteiger partial charge >= 0.3 is 21.7 Å². The summed E-state index contributed by atoms with van der Waals surface area (Å²) in [6.45, 7) is 5.17. The first-order valence-corrected chi connectivity index (χ1v) is 12.8. The fourth-order valence-corrected chi connectivity index (χ4v) is 4.68. The third kappa shape index (κ3) is 6.95. The first-order valence-electron chi connectivity index (χ1n) is 10.6. The van der Waals surface area contributed by atoms with Gasteiger partial charge in [-0.25, -0.2) is 4.79 Å². The number of carbonyl (C=O) groups is 1. The molecule has 2 aromatic rings. The van der Waals surface area contributed by atoms with E-state index in [4.69, 9.17) is 27.9 Å². The summed E-state index contributed by atoms with van der Waals surface area (Å²) < 4.78 is 71.3. The van der Waals surface area contributed by atoms with Gasteiger partial charge in [0, 0.05) is 12.0 Å². The van der Waals surface area contributed by atoms with Gasteiger partial charge < -0.3 is 14.2 Å². The number of carbonyl (C=O) groups excluding carboxylic acids is 1. The third-order valence-corrected chi connectivity index (χ3v) is 7.08. The Balaban J connectivity index is 1.98. The third-order valence-electron chi connectivity index (χ3n) is 5.36. The van der Waals surface area contributed by atoms with Crippen molar-refractivity contribution in [2.75, 3.05) is 0 Å². The van der Waals surface area contributed by atoms with Gasteiger partial charge in [0.25, 0.3) is 0 Å². The first kappa shape index (κ1) is 27.4. The lowest BCUT2D eigenvalue weighted by Crippen LogP contribution is -2.44. The molecule has 12 heteroatoms. The topological polar surface area (TPSA) is 81.7 Å². The second-order valence-corrected chi connectivity index (χ2v) is 11.5. The average Bonchev–Trinajstić information content (AvgIpc) is 2.70. The molecular weight excluding hydrogens is 530 g/mol. The zero-order valence-electron chi connectivity index (χ0n) is 19.1. The Morgan fingerprint density at radius 3 is 2.37 bits per heavy atom. The van der Waals surface area contributed by atoms with E-state index < -0.39 is 45.0 Å². The van der Waals surface area contributed by atoms with Gasteiger partial charge in [-0.15, -0.1) is 0 Å². The zero-order chi connectivity index (χ0) is 26.2. The molecule has 192 valence electrons. The van der Waals surface area contributed by atoms with Crippen molar-refractivity contribution in [2.45, 2.75) is 63.1 Å². The lowest BCUT2D eigenvalue weighted by Gasteiger charge is -2.35. The summed E-state index contributed by atoms with van der Waals surface area (Å²) >= 11 is 12.2. The Hall–Kier alpha value is -2.17. The van der Waals surface area contributed by atoms with Crippen molar-refractivity contribution in [2.24, 2.45) is 0 Å². The fourth-order valence-electron chi connectivity index (χ4n) is 3.91. The number of fused-ring (bicyclic) bond motifs is 1. The molecule has 35 heavy (non-hydrogen) atoms. The standard InChI is InChI=1S/C23H24Cl2F3NO5S/c1-22(2,3)33-21(30)29-20-9-6-14-5-7-15(34-35(31,32)23(26,27)28)12-16(14)17(20)10-13-4-8-18(24)19(25)11-13/h4-5,7-8,11-12,17,20H,6,9-10H2,1-3H3,(H,29,30). The molecule has 0 bridgehead atoms. The second-order valence-electron chi connectivity index (χ2n) is 9.19. The number of amides is 1. The van der Waals surface area contributed by atoms with Gasteiger partial charge in [-0.3, -0.25) is 0 Å². The summed E-state index contributed by atoms with van der Waals surface area (Å²) in [5.41, 5.74) is -4.18. The summed E-state index contributed by atoms with van der Waals surface area (Å²) in [6.07, 6.45) is 0.719. The van der Waals surface area contributed by atoms with E-state index >= 15 is 0 Å². The second kappa shape index (κ2) is 10.1. The van der Waals surface area contributed by atoms with Crippen LogP contribution in [-0.2, 0) is 27.7 Å². The zero-order valence-corrected chi connectivity index (χ0v) is 21.4. The normalized spacial score (nSPS) is 18.5. The smallest absolute Gasteiger partial charge is 0.444 e. The van der Waals surface area contributed by atoms with Crippen molar-refractivity contribution in [3.05, 3.63) is 63.1 Å². The maximum absolute atomic E-state index is 12.8. The van der Waals surface area contributed by atoms with Crippen LogP contribution in [0.2, 0.25) is 10.0 Å². The Morgan fingerprint density at radius 1 is 1.09 bits per heavy atom. The Morgan fingerprint density at radius 2 is 1.77 bits per heavy atom. The van der Waals surface area contributed by atoms with Crippen molar-refractivity contribution >= 4 is 39.4 Å². The molecule has 1 N–H and O–H groups in total. The van der Waals surface area contributed by atoms with Gasteiger partial charge in [0.2, 0.25) is 0 Å². The van der Waals surface area contributed by atoms with Crippen molar-refractivity contribution in [1.82, 2.24) is 5.32 Å². The molecule has 2 aromatic carbocycles. The molecule has 1 aliphatic rings. The molecule has 0 fully saturated rings. The summed E-state index contributed by atoms with van der Waals surface area (Å²) in [4.78, 5) is 12.5. The molecule has 1 aliphatic carbocycles. The minimum Gasteiger partial charge on any atom is -0.444 e. The van der Waals surface area contributed by atoms with Gasteiger partial charge in [-0.2, -0.15) is 21.6 Å². The molecule has 0 aliphatic heterocycles. The van der Waals surface area contributed by atoms with Gasteiger partial charge in [-0.1, -0.05) is 35.3 Å². The van der Waals surface area contributed by atoms with Crippen LogP contribution < -0.4 is 9.50 Å². The van der Waals surface area contributed by atoms with Crippen molar-refractivity contribution in [1.29, 1.82) is 0 Å². The molecule has 0 aromatic heterocycles. The highest BCUT2D eigenvalue weighted by Gasteiger charge is 2.48. The van der Waals surface area contributed by atoms with Crippen LogP contribution in [0.3, 0.4) is 0 Å². The lowest BCUT2D eigenvalue weighted by atomic mass is 9.76. The fraction of sp³-hybridized carbons (Fsp3) is 0.435. The molecule has 0 saturated carbocycles. The summed E-state index contributed by atoms with van der Waals surface area (Å²) in [5, 5.41) is 3.53. The highest BCUT2D eigenvalue weighted by Crippen LogP contribution is 2.38. The Kier molecular flexibility index (Phi) is 7.88. The Labute approximate surface area is 211 Å². The predicted molar refractivity (Wildman–Crippen MR) is 126 cm³/mol. The predicted octanol–water partition coefficient (Wildman–Crippen LogP) is 6.39. The lowest BCUT2D eigenvalue weighted by molar-refractivity contribution is -0.0500. The molecule has 1 amide bonds. The van der Waals surface area contributed by atoms with E-state index in [2.05, 4.69) is 9.50 Å². The maximum atomic E-state index is 12.8. The van der Waals surface area contributed by atoms with Gasteiger partial charge in [-0.05, 0) is 81.0 Å². The van der Waals surface area contributed by atoms with Crippen molar-refractivity contribution in [3.8, 4) is 5.75 Å². The maximum Gasteiger partial charge on any atom is 0.534 e. The molecule has 0 spiro atoms. The summed E-state index contributed by atoms with van der Waals surface area (Å²) in [5.74, 6) is -0.918. The monoisotopic (exact) mass is 553 g/mol. The number of benzene rings is 2. The quantitative estimate of drug-likeness (QED) is 0.342. The van der Waals surface area contributed by atoms with Crippen molar-refractivity contribution < 1.29 is 35.3 Å². The van der Waals surface area contributed by atoms with Crippen LogP contribution in [0.1, 0.15) is 49.8 Å². The van der Waals surface area contributed by atoms with Gasteiger partial charge in [0.1, 0.15) is 11.4 Å². The van der Waals surface area contributed by atoms with Crippen LogP contribution in [0.15, 0.2) is 36.4 Å². The van der Waals surface area contributed by atoms with E-state index in [0.29, 0.717) is 34.9 Å². The van der Waals surface area contributed by atoms with E-state index in [1.807, 2.05) is 0 Å². The number of nitrogens with one attached hydrogen (secondary N) is 1. The average molecular weight is 554 g/mol. The molecule has 6 nitrogen and oxygen atoms in total. The number of ether oxygens (including phenoxy) is 1. The number of halogens is 5. The van der Waals surface area contributed by atoms with E-state index in [1.165, 1.54) is 18.2 Å². The highest BCUT2D eigenvalue weighted by molar-refractivity contribution is 7.88. The van der Waals surface area contributed by atoms with E-state index in [9.17, 15) is 26.4 Å². The summed E-state index contributed by atoms with van der Waals surface area (Å²) in [6, 6.07) is 8.56. The van der Waals surface area contributed by atoms with Gasteiger partial charge in [0.05, 0.1) is 10.0 Å². The largest absolute Gasteiger partial charge is 0.534 e. The molecule has 2 unspecified atom stereocenters. The van der Waals surface area contributed by atoms with E-state index in [1.54, 1.807) is 39.0 Å². The number of alkyl carbamates (subject to hydrolysis) is 1. The molecule has 0 radical (unpaired) electrons. The van der Waals surface area contributed by atoms with Gasteiger partial charge in [0.15, 0.2) is 0 Å². The Bertz CT molecular complexity index is 1210. The molecule has 0 saturated heterocycles. The van der Waals surface area contributed by atoms with Crippen LogP contribution in [0, 0.1) is 0 Å².